The van der Waals surface area contributed by atoms with Gasteiger partial charge in [0.2, 0.25) is 15.9 Å². The first-order chi connectivity index (χ1) is 14.1. The maximum absolute atomic E-state index is 12.8. The van der Waals surface area contributed by atoms with Crippen LogP contribution in [-0.2, 0) is 21.4 Å². The number of carbonyl (C=O) groups excluding carboxylic acids is 1. The molecule has 2 aromatic carbocycles. The van der Waals surface area contributed by atoms with E-state index in [1.165, 1.54) is 20.2 Å². The molecule has 0 aromatic heterocycles. The van der Waals surface area contributed by atoms with Gasteiger partial charge in [0.05, 0.1) is 17.5 Å². The molecule has 8 heteroatoms. The number of amides is 1. The molecule has 0 bridgehead atoms. The molecule has 0 spiro atoms. The smallest absolute Gasteiger partial charge is 0.242 e. The van der Waals surface area contributed by atoms with Crippen LogP contribution in [0.25, 0.3) is 0 Å². The largest absolute Gasteiger partial charge is 0.494 e. The summed E-state index contributed by atoms with van der Waals surface area (Å²) in [6, 6.07) is 12.1. The number of likely N-dealkylation sites (N-methyl/N-ethyl adjacent to an activating group) is 1. The van der Waals surface area contributed by atoms with Gasteiger partial charge in [-0.2, -0.15) is 0 Å². The Morgan fingerprint density at radius 2 is 1.73 bits per heavy atom. The maximum Gasteiger partial charge on any atom is 0.242 e. The number of anilines is 1. The highest BCUT2D eigenvalue weighted by Gasteiger charge is 2.22. The molecule has 0 aliphatic rings. The fourth-order valence-corrected chi connectivity index (χ4v) is 3.76. The number of benzene rings is 2. The molecular formula is C22H31N3O4S. The third kappa shape index (κ3) is 5.81. The van der Waals surface area contributed by atoms with E-state index in [0.29, 0.717) is 18.8 Å². The van der Waals surface area contributed by atoms with Crippen LogP contribution in [0.5, 0.6) is 5.75 Å². The molecule has 2 rings (SSSR count). The zero-order valence-electron chi connectivity index (χ0n) is 18.5. The molecule has 0 heterocycles. The molecule has 1 unspecified atom stereocenters. The fraction of sp³-hybridized carbons (Fsp3) is 0.409. The Morgan fingerprint density at radius 1 is 1.10 bits per heavy atom. The number of aryl methyl sites for hydroxylation is 1. The summed E-state index contributed by atoms with van der Waals surface area (Å²) >= 11 is 0. The van der Waals surface area contributed by atoms with Crippen molar-refractivity contribution >= 4 is 21.6 Å². The average Bonchev–Trinajstić information content (AvgIpc) is 2.70. The highest BCUT2D eigenvalue weighted by Crippen LogP contribution is 2.22. The van der Waals surface area contributed by atoms with Gasteiger partial charge in [0.15, 0.2) is 0 Å². The molecule has 30 heavy (non-hydrogen) atoms. The van der Waals surface area contributed by atoms with Gasteiger partial charge >= 0.3 is 0 Å². The number of sulfonamides is 1. The monoisotopic (exact) mass is 433 g/mol. The lowest BCUT2D eigenvalue weighted by molar-refractivity contribution is -0.120. The number of hydrogen-bond donors (Lipinski definition) is 1. The minimum atomic E-state index is -3.58. The van der Waals surface area contributed by atoms with Crippen molar-refractivity contribution in [2.75, 3.05) is 33.1 Å². The van der Waals surface area contributed by atoms with Crippen LogP contribution in [0.3, 0.4) is 0 Å². The molecule has 0 aliphatic heterocycles. The summed E-state index contributed by atoms with van der Waals surface area (Å²) in [5, 5.41) is 2.87. The van der Waals surface area contributed by atoms with Crippen LogP contribution in [0.2, 0.25) is 0 Å². The summed E-state index contributed by atoms with van der Waals surface area (Å²) in [4.78, 5) is 14.9. The van der Waals surface area contributed by atoms with E-state index in [0.717, 1.165) is 21.2 Å². The van der Waals surface area contributed by atoms with Crippen LogP contribution in [-0.4, -0.2) is 57.3 Å². The number of rotatable bonds is 9. The van der Waals surface area contributed by atoms with Gasteiger partial charge in [0, 0.05) is 26.3 Å². The molecule has 1 atom stereocenters. The Hall–Kier alpha value is -2.42. The van der Waals surface area contributed by atoms with E-state index < -0.39 is 16.1 Å². The Balaban J connectivity index is 2.09. The number of nitrogens with zero attached hydrogens (tertiary/aromatic N) is 2. The van der Waals surface area contributed by atoms with Crippen LogP contribution < -0.4 is 10.1 Å². The topological polar surface area (TPSA) is 79.0 Å². The minimum absolute atomic E-state index is 0.142. The van der Waals surface area contributed by atoms with Gasteiger partial charge in [-0.05, 0) is 63.2 Å². The standard InChI is InChI=1S/C22H31N3O4S/c1-7-29-19-11-9-18(10-12-19)15-25(6)17(3)22(26)23-21-14-20(13-8-16(21)2)30(27,28)24(4)5/h8-14,17H,7,15H2,1-6H3,(H,23,26). The summed E-state index contributed by atoms with van der Waals surface area (Å²) in [7, 11) is 1.25. The molecule has 0 saturated heterocycles. The molecule has 1 N–H and O–H groups in total. The second-order valence-corrected chi connectivity index (χ2v) is 9.57. The lowest BCUT2D eigenvalue weighted by Gasteiger charge is -2.24. The lowest BCUT2D eigenvalue weighted by Crippen LogP contribution is -2.39. The zero-order valence-corrected chi connectivity index (χ0v) is 19.3. The van der Waals surface area contributed by atoms with Crippen molar-refractivity contribution in [2.45, 2.75) is 38.3 Å². The molecule has 164 valence electrons. The SMILES string of the molecule is CCOc1ccc(CN(C)C(C)C(=O)Nc2cc(S(=O)(=O)N(C)C)ccc2C)cc1. The van der Waals surface area contributed by atoms with Gasteiger partial charge < -0.3 is 10.1 Å². The first kappa shape index (κ1) is 23.9. The van der Waals surface area contributed by atoms with Gasteiger partial charge in [0.25, 0.3) is 0 Å². The van der Waals surface area contributed by atoms with Crippen molar-refractivity contribution in [1.82, 2.24) is 9.21 Å². The molecule has 0 saturated carbocycles. The van der Waals surface area contributed by atoms with Crippen LogP contribution in [0.4, 0.5) is 5.69 Å². The van der Waals surface area contributed by atoms with Gasteiger partial charge in [0.1, 0.15) is 5.75 Å². The van der Waals surface area contributed by atoms with Crippen molar-refractivity contribution in [2.24, 2.45) is 0 Å². The zero-order chi connectivity index (χ0) is 22.5. The van der Waals surface area contributed by atoms with E-state index in [9.17, 15) is 13.2 Å². The van der Waals surface area contributed by atoms with E-state index in [1.807, 2.05) is 57.0 Å². The highest BCUT2D eigenvalue weighted by molar-refractivity contribution is 7.89. The van der Waals surface area contributed by atoms with Crippen molar-refractivity contribution in [1.29, 1.82) is 0 Å². The molecule has 2 aromatic rings. The molecule has 1 amide bonds. The minimum Gasteiger partial charge on any atom is -0.494 e. The number of hydrogen-bond acceptors (Lipinski definition) is 5. The van der Waals surface area contributed by atoms with Crippen molar-refractivity contribution in [3.63, 3.8) is 0 Å². The van der Waals surface area contributed by atoms with Crippen LogP contribution in [0, 0.1) is 6.92 Å². The van der Waals surface area contributed by atoms with Crippen LogP contribution in [0.1, 0.15) is 25.0 Å². The number of ether oxygens (including phenoxy) is 1. The third-order valence-corrected chi connectivity index (χ3v) is 6.76. The molecular weight excluding hydrogens is 402 g/mol. The van der Waals surface area contributed by atoms with Crippen molar-refractivity contribution < 1.29 is 17.9 Å². The fourth-order valence-electron chi connectivity index (χ4n) is 2.83. The third-order valence-electron chi connectivity index (χ3n) is 4.95. The second-order valence-electron chi connectivity index (χ2n) is 7.42. The van der Waals surface area contributed by atoms with E-state index in [1.54, 1.807) is 12.1 Å². The lowest BCUT2D eigenvalue weighted by atomic mass is 10.1. The second kappa shape index (κ2) is 10.1. The van der Waals surface area contributed by atoms with Crippen LogP contribution in [0.15, 0.2) is 47.4 Å². The van der Waals surface area contributed by atoms with Gasteiger partial charge in [-0.25, -0.2) is 12.7 Å². The van der Waals surface area contributed by atoms with E-state index in [-0.39, 0.29) is 10.8 Å². The van der Waals surface area contributed by atoms with Gasteiger partial charge in [-0.1, -0.05) is 18.2 Å². The van der Waals surface area contributed by atoms with E-state index >= 15 is 0 Å². The van der Waals surface area contributed by atoms with E-state index in [2.05, 4.69) is 5.32 Å². The quantitative estimate of drug-likeness (QED) is 0.657. The highest BCUT2D eigenvalue weighted by atomic mass is 32.2. The summed E-state index contributed by atoms with van der Waals surface area (Å²) in [6.45, 7) is 6.80. The average molecular weight is 434 g/mol. The normalized spacial score (nSPS) is 12.8. The summed E-state index contributed by atoms with van der Waals surface area (Å²) < 4.78 is 31.4. The van der Waals surface area contributed by atoms with Crippen LogP contribution >= 0.6 is 0 Å². The van der Waals surface area contributed by atoms with Crippen molar-refractivity contribution in [3.05, 3.63) is 53.6 Å². The predicted octanol–water partition coefficient (Wildman–Crippen LogP) is 3.10. The Morgan fingerprint density at radius 3 is 2.30 bits per heavy atom. The predicted molar refractivity (Wildman–Crippen MR) is 119 cm³/mol. The summed E-state index contributed by atoms with van der Waals surface area (Å²) in [5.41, 5.74) is 2.35. The number of nitrogens with one attached hydrogen (secondary N) is 1. The first-order valence-corrected chi connectivity index (χ1v) is 11.3. The first-order valence-electron chi connectivity index (χ1n) is 9.82. The molecule has 0 fully saturated rings. The maximum atomic E-state index is 12.8. The number of carbonyl (C=O) groups is 1. The van der Waals surface area contributed by atoms with Gasteiger partial charge in [-0.3, -0.25) is 9.69 Å². The van der Waals surface area contributed by atoms with Crippen molar-refractivity contribution in [3.8, 4) is 5.75 Å². The molecule has 7 nitrogen and oxygen atoms in total. The van der Waals surface area contributed by atoms with Gasteiger partial charge in [-0.15, -0.1) is 0 Å². The summed E-state index contributed by atoms with van der Waals surface area (Å²) in [6.07, 6.45) is 0. The Labute approximate surface area is 179 Å². The molecule has 0 radical (unpaired) electrons. The Bertz CT molecular complexity index is 972. The Kier molecular flexibility index (Phi) is 8.00. The van der Waals surface area contributed by atoms with E-state index in [4.69, 9.17) is 4.74 Å². The summed E-state index contributed by atoms with van der Waals surface area (Å²) in [5.74, 6) is 0.615. The molecule has 0 aliphatic carbocycles.